The van der Waals surface area contributed by atoms with Gasteiger partial charge in [-0.1, -0.05) is 0 Å². The number of nitriles is 2. The van der Waals surface area contributed by atoms with E-state index >= 15 is 0 Å². The van der Waals surface area contributed by atoms with Gasteiger partial charge < -0.3 is 11.5 Å². The monoisotopic (exact) mass is 178 g/mol. The standard InChI is InChI=1S/C5H8N2.C4H6N2/c1-4(3-6)5(2)7;1-4(2-5)3-6/h7H2,1-2H3;2H,5H2,1H3. The van der Waals surface area contributed by atoms with Crippen LogP contribution in [0.25, 0.3) is 0 Å². The zero-order valence-corrected chi connectivity index (χ0v) is 8.13. The molecule has 0 atom stereocenters. The van der Waals surface area contributed by atoms with E-state index in [1.807, 2.05) is 12.1 Å². The van der Waals surface area contributed by atoms with E-state index in [4.69, 9.17) is 22.0 Å². The predicted molar refractivity (Wildman–Crippen MR) is 51.7 cm³/mol. The number of nitrogens with zero attached hydrogens (tertiary/aromatic N) is 2. The highest BCUT2D eigenvalue weighted by Crippen LogP contribution is 1.91. The molecule has 0 unspecified atom stereocenters. The Morgan fingerprint density at radius 3 is 1.62 bits per heavy atom. The van der Waals surface area contributed by atoms with Crippen LogP contribution in [0, 0.1) is 22.7 Å². The number of hydrogen-bond donors (Lipinski definition) is 2. The molecule has 4 N–H and O–H groups in total. The molecule has 0 aromatic carbocycles. The second-order valence-corrected chi connectivity index (χ2v) is 2.38. The molecular weight excluding hydrogens is 164 g/mol. The summed E-state index contributed by atoms with van der Waals surface area (Å²) in [4.78, 5) is 0. The maximum absolute atomic E-state index is 8.12. The fourth-order valence-corrected chi connectivity index (χ4v) is 0.125. The van der Waals surface area contributed by atoms with Gasteiger partial charge in [0.15, 0.2) is 0 Å². The lowest BCUT2D eigenvalue weighted by Crippen LogP contribution is -1.92. The van der Waals surface area contributed by atoms with Gasteiger partial charge in [-0.25, -0.2) is 0 Å². The lowest BCUT2D eigenvalue weighted by molar-refractivity contribution is 1.24. The third kappa shape index (κ3) is 10.1. The molecule has 0 radical (unpaired) electrons. The van der Waals surface area contributed by atoms with E-state index < -0.39 is 0 Å². The highest BCUT2D eigenvalue weighted by Gasteiger charge is 1.83. The molecule has 0 heterocycles. The molecule has 0 spiro atoms. The van der Waals surface area contributed by atoms with Crippen LogP contribution in [0.5, 0.6) is 0 Å². The third-order valence-electron chi connectivity index (χ3n) is 1.19. The molecule has 0 aromatic rings. The third-order valence-corrected chi connectivity index (χ3v) is 1.19. The molecule has 13 heavy (non-hydrogen) atoms. The SMILES string of the molecule is CC(C#N)=CN.CC(N)=C(C)C#N. The summed E-state index contributed by atoms with van der Waals surface area (Å²) in [7, 11) is 0. The quantitative estimate of drug-likeness (QED) is 0.543. The molecule has 0 aliphatic carbocycles. The minimum Gasteiger partial charge on any atom is -0.404 e. The Bertz CT molecular complexity index is 282. The summed E-state index contributed by atoms with van der Waals surface area (Å²) in [5.41, 5.74) is 11.8. The Kier molecular flexibility index (Phi) is 8.56. The lowest BCUT2D eigenvalue weighted by atomic mass is 10.3. The highest BCUT2D eigenvalue weighted by atomic mass is 14.6. The van der Waals surface area contributed by atoms with Crippen molar-refractivity contribution in [3.05, 3.63) is 23.0 Å². The van der Waals surface area contributed by atoms with Crippen molar-refractivity contribution in [2.75, 3.05) is 0 Å². The number of rotatable bonds is 0. The topological polar surface area (TPSA) is 99.6 Å². The number of allylic oxidation sites excluding steroid dienone is 3. The summed E-state index contributed by atoms with van der Waals surface area (Å²) in [6.45, 7) is 5.05. The van der Waals surface area contributed by atoms with E-state index in [0.717, 1.165) is 0 Å². The Morgan fingerprint density at radius 2 is 1.62 bits per heavy atom. The molecule has 0 bridgehead atoms. The van der Waals surface area contributed by atoms with Crippen LogP contribution in [-0.2, 0) is 0 Å². The van der Waals surface area contributed by atoms with Gasteiger partial charge in [0, 0.05) is 23.0 Å². The largest absolute Gasteiger partial charge is 0.404 e. The molecule has 0 rings (SSSR count). The van der Waals surface area contributed by atoms with Crippen LogP contribution in [0.4, 0.5) is 0 Å². The van der Waals surface area contributed by atoms with Gasteiger partial charge in [0.05, 0.1) is 12.1 Å². The van der Waals surface area contributed by atoms with Crippen molar-refractivity contribution in [1.29, 1.82) is 10.5 Å². The summed E-state index contributed by atoms with van der Waals surface area (Å²) in [5, 5.41) is 16.1. The van der Waals surface area contributed by atoms with Crippen molar-refractivity contribution in [1.82, 2.24) is 0 Å². The van der Waals surface area contributed by atoms with Crippen LogP contribution in [0.1, 0.15) is 20.8 Å². The molecule has 0 aliphatic rings. The van der Waals surface area contributed by atoms with Crippen LogP contribution < -0.4 is 11.5 Å². The Hall–Kier alpha value is -1.94. The first kappa shape index (κ1) is 13.6. The van der Waals surface area contributed by atoms with Gasteiger partial charge >= 0.3 is 0 Å². The van der Waals surface area contributed by atoms with Gasteiger partial charge in [0.2, 0.25) is 0 Å². The molecule has 0 aromatic heterocycles. The van der Waals surface area contributed by atoms with E-state index in [2.05, 4.69) is 0 Å². The zero-order valence-electron chi connectivity index (χ0n) is 8.13. The normalized spacial score (nSPS) is 11.3. The average molecular weight is 178 g/mol. The Balaban J connectivity index is 0. The van der Waals surface area contributed by atoms with Gasteiger partial charge in [0.1, 0.15) is 0 Å². The highest BCUT2D eigenvalue weighted by molar-refractivity contribution is 5.21. The molecule has 0 amide bonds. The first-order valence-electron chi connectivity index (χ1n) is 3.61. The predicted octanol–water partition coefficient (Wildman–Crippen LogP) is 1.14. The van der Waals surface area contributed by atoms with Gasteiger partial charge in [0.25, 0.3) is 0 Å². The second kappa shape index (κ2) is 8.16. The fourth-order valence-electron chi connectivity index (χ4n) is 0.125. The summed E-state index contributed by atoms with van der Waals surface area (Å²) >= 11 is 0. The molecule has 0 saturated carbocycles. The first-order chi connectivity index (χ1) is 5.99. The van der Waals surface area contributed by atoms with Crippen molar-refractivity contribution >= 4 is 0 Å². The second-order valence-electron chi connectivity index (χ2n) is 2.38. The van der Waals surface area contributed by atoms with Gasteiger partial charge in [-0.2, -0.15) is 10.5 Å². The van der Waals surface area contributed by atoms with Gasteiger partial charge in [-0.05, 0) is 20.8 Å². The summed E-state index contributed by atoms with van der Waals surface area (Å²) in [6.07, 6.45) is 1.28. The molecule has 70 valence electrons. The van der Waals surface area contributed by atoms with E-state index in [0.29, 0.717) is 16.8 Å². The lowest BCUT2D eigenvalue weighted by Gasteiger charge is -1.85. The van der Waals surface area contributed by atoms with Crippen LogP contribution in [-0.4, -0.2) is 0 Å². The molecule has 0 fully saturated rings. The van der Waals surface area contributed by atoms with Crippen molar-refractivity contribution in [2.24, 2.45) is 11.5 Å². The number of hydrogen-bond acceptors (Lipinski definition) is 4. The summed E-state index contributed by atoms with van der Waals surface area (Å²) in [6, 6.07) is 3.77. The Labute approximate surface area is 78.8 Å². The van der Waals surface area contributed by atoms with E-state index in [1.165, 1.54) is 6.20 Å². The smallest absolute Gasteiger partial charge is 0.0962 e. The average Bonchev–Trinajstić information content (AvgIpc) is 2.16. The first-order valence-corrected chi connectivity index (χ1v) is 3.61. The molecule has 4 heteroatoms. The van der Waals surface area contributed by atoms with Crippen molar-refractivity contribution in [2.45, 2.75) is 20.8 Å². The van der Waals surface area contributed by atoms with Gasteiger partial charge in [-0.15, -0.1) is 0 Å². The van der Waals surface area contributed by atoms with Crippen LogP contribution >= 0.6 is 0 Å². The summed E-state index contributed by atoms with van der Waals surface area (Å²) in [5.74, 6) is 0. The molecule has 0 aliphatic heterocycles. The van der Waals surface area contributed by atoms with Crippen LogP contribution in [0.2, 0.25) is 0 Å². The molecule has 0 saturated heterocycles. The minimum atomic E-state index is 0.551. The zero-order chi connectivity index (χ0) is 10.9. The van der Waals surface area contributed by atoms with Crippen LogP contribution in [0.3, 0.4) is 0 Å². The van der Waals surface area contributed by atoms with E-state index in [1.54, 1.807) is 20.8 Å². The summed E-state index contributed by atoms with van der Waals surface area (Å²) < 4.78 is 0. The van der Waals surface area contributed by atoms with Crippen molar-refractivity contribution < 1.29 is 0 Å². The minimum absolute atomic E-state index is 0.551. The van der Waals surface area contributed by atoms with Crippen LogP contribution in [0.15, 0.2) is 23.0 Å². The molecule has 4 nitrogen and oxygen atoms in total. The fraction of sp³-hybridized carbons (Fsp3) is 0.333. The maximum Gasteiger partial charge on any atom is 0.0962 e. The Morgan fingerprint density at radius 1 is 1.15 bits per heavy atom. The number of nitrogens with two attached hydrogens (primary N) is 2. The van der Waals surface area contributed by atoms with E-state index in [9.17, 15) is 0 Å². The van der Waals surface area contributed by atoms with Gasteiger partial charge in [-0.3, -0.25) is 0 Å². The maximum atomic E-state index is 8.12. The van der Waals surface area contributed by atoms with E-state index in [-0.39, 0.29) is 0 Å². The van der Waals surface area contributed by atoms with Crippen molar-refractivity contribution in [3.8, 4) is 12.1 Å². The molecular formula is C9H14N4. The van der Waals surface area contributed by atoms with Crippen molar-refractivity contribution in [3.63, 3.8) is 0 Å².